The second-order valence-corrected chi connectivity index (χ2v) is 6.30. The molecule has 2 aromatic rings. The Morgan fingerprint density at radius 1 is 1.35 bits per heavy atom. The molecule has 3 heterocycles. The molecular weight excluding hydrogens is 248 g/mol. The summed E-state index contributed by atoms with van der Waals surface area (Å²) < 4.78 is 2.38. The average Bonchev–Trinajstić information content (AvgIpc) is 2.76. The molecule has 1 atom stereocenters. The molecule has 3 rings (SSSR count). The van der Waals surface area contributed by atoms with Crippen LogP contribution in [0.3, 0.4) is 0 Å². The van der Waals surface area contributed by atoms with Crippen LogP contribution < -0.4 is 0 Å². The second-order valence-electron chi connectivity index (χ2n) is 6.30. The van der Waals surface area contributed by atoms with E-state index in [1.54, 1.807) is 0 Å². The lowest BCUT2D eigenvalue weighted by atomic mass is 10.1. The summed E-state index contributed by atoms with van der Waals surface area (Å²) in [5.74, 6) is 1.80. The zero-order valence-electron chi connectivity index (χ0n) is 12.7. The van der Waals surface area contributed by atoms with Crippen molar-refractivity contribution in [3.63, 3.8) is 0 Å². The minimum Gasteiger partial charge on any atom is -0.296 e. The van der Waals surface area contributed by atoms with Crippen LogP contribution in [0.2, 0.25) is 0 Å². The van der Waals surface area contributed by atoms with Crippen LogP contribution in [0.5, 0.6) is 0 Å². The van der Waals surface area contributed by atoms with Crippen molar-refractivity contribution < 1.29 is 0 Å². The van der Waals surface area contributed by atoms with E-state index >= 15 is 0 Å². The Morgan fingerprint density at radius 2 is 2.20 bits per heavy atom. The van der Waals surface area contributed by atoms with E-state index in [4.69, 9.17) is 4.98 Å². The molecule has 0 aliphatic carbocycles. The fourth-order valence-electron chi connectivity index (χ4n) is 3.18. The van der Waals surface area contributed by atoms with Gasteiger partial charge in [-0.15, -0.1) is 0 Å². The van der Waals surface area contributed by atoms with Gasteiger partial charge in [-0.2, -0.15) is 0 Å². The van der Waals surface area contributed by atoms with E-state index in [0.717, 1.165) is 24.1 Å². The molecule has 2 aromatic heterocycles. The Hall–Kier alpha value is -1.42. The third kappa shape index (κ3) is 2.44. The van der Waals surface area contributed by atoms with Gasteiger partial charge in [-0.3, -0.25) is 9.47 Å². The molecule has 1 unspecified atom stereocenters. The normalized spacial score (nSPS) is 20.9. The fourth-order valence-corrected chi connectivity index (χ4v) is 3.18. The summed E-state index contributed by atoms with van der Waals surface area (Å²) in [7, 11) is 2.22. The molecule has 0 aromatic carbocycles. The largest absolute Gasteiger partial charge is 0.296 e. The number of rotatable bonds is 3. The number of fused-ring (bicyclic) bond motifs is 1. The van der Waals surface area contributed by atoms with Crippen LogP contribution in [-0.4, -0.2) is 33.0 Å². The number of nitrogens with zero attached hydrogens (tertiary/aromatic N) is 4. The SMILES string of the molecule is CC(C)Cc1nc2cccnc2n1C1CCCCN1C. The highest BCUT2D eigenvalue weighted by Gasteiger charge is 2.25. The van der Waals surface area contributed by atoms with Gasteiger partial charge in [0.2, 0.25) is 0 Å². The Morgan fingerprint density at radius 3 is 2.95 bits per heavy atom. The van der Waals surface area contributed by atoms with Crippen LogP contribution in [0.4, 0.5) is 0 Å². The Bertz CT molecular complexity index is 587. The molecule has 1 aliphatic heterocycles. The molecule has 1 fully saturated rings. The predicted molar refractivity (Wildman–Crippen MR) is 81.6 cm³/mol. The summed E-state index contributed by atoms with van der Waals surface area (Å²) >= 11 is 0. The maximum absolute atomic E-state index is 4.84. The fraction of sp³-hybridized carbons (Fsp3) is 0.625. The Balaban J connectivity index is 2.10. The van der Waals surface area contributed by atoms with Crippen LogP contribution in [0.1, 0.15) is 45.1 Å². The van der Waals surface area contributed by atoms with Crippen LogP contribution in [0.15, 0.2) is 18.3 Å². The third-order valence-corrected chi connectivity index (χ3v) is 4.14. The van der Waals surface area contributed by atoms with E-state index in [-0.39, 0.29) is 0 Å². The van der Waals surface area contributed by atoms with Crippen molar-refractivity contribution in [2.24, 2.45) is 5.92 Å². The van der Waals surface area contributed by atoms with E-state index in [9.17, 15) is 0 Å². The summed E-state index contributed by atoms with van der Waals surface area (Å²) in [5, 5.41) is 0. The van der Waals surface area contributed by atoms with Gasteiger partial charge >= 0.3 is 0 Å². The summed E-state index contributed by atoms with van der Waals surface area (Å²) in [6.45, 7) is 5.67. The van der Waals surface area contributed by atoms with Gasteiger partial charge in [-0.25, -0.2) is 9.97 Å². The van der Waals surface area contributed by atoms with Crippen molar-refractivity contribution in [2.75, 3.05) is 13.6 Å². The first-order chi connectivity index (χ1) is 9.66. The highest BCUT2D eigenvalue weighted by Crippen LogP contribution is 2.29. The van der Waals surface area contributed by atoms with Gasteiger partial charge in [-0.1, -0.05) is 13.8 Å². The molecule has 0 saturated carbocycles. The molecule has 1 saturated heterocycles. The topological polar surface area (TPSA) is 34.0 Å². The van der Waals surface area contributed by atoms with Gasteiger partial charge in [0.1, 0.15) is 11.3 Å². The minimum atomic E-state index is 0.414. The molecule has 4 nitrogen and oxygen atoms in total. The van der Waals surface area contributed by atoms with Gasteiger partial charge in [0.15, 0.2) is 5.65 Å². The smallest absolute Gasteiger partial charge is 0.161 e. The molecule has 1 aliphatic rings. The zero-order valence-corrected chi connectivity index (χ0v) is 12.7. The van der Waals surface area contributed by atoms with Gasteiger partial charge in [0, 0.05) is 12.6 Å². The van der Waals surface area contributed by atoms with E-state index in [1.807, 2.05) is 12.3 Å². The highest BCUT2D eigenvalue weighted by molar-refractivity contribution is 5.71. The lowest BCUT2D eigenvalue weighted by Crippen LogP contribution is -2.34. The van der Waals surface area contributed by atoms with Crippen LogP contribution >= 0.6 is 0 Å². The predicted octanol–water partition coefficient (Wildman–Crippen LogP) is 3.24. The minimum absolute atomic E-state index is 0.414. The van der Waals surface area contributed by atoms with Crippen molar-refractivity contribution >= 4 is 11.2 Å². The summed E-state index contributed by atoms with van der Waals surface area (Å²) in [5.41, 5.74) is 2.07. The Kier molecular flexibility index (Phi) is 3.74. The number of likely N-dealkylation sites (tertiary alicyclic amines) is 1. The highest BCUT2D eigenvalue weighted by atomic mass is 15.3. The van der Waals surface area contributed by atoms with Gasteiger partial charge < -0.3 is 0 Å². The van der Waals surface area contributed by atoms with Crippen LogP contribution in [0, 0.1) is 5.92 Å². The number of hydrogen-bond acceptors (Lipinski definition) is 3. The van der Waals surface area contributed by atoms with Gasteiger partial charge in [0.05, 0.1) is 6.17 Å². The monoisotopic (exact) mass is 272 g/mol. The van der Waals surface area contributed by atoms with Gasteiger partial charge in [-0.05, 0) is 50.9 Å². The van der Waals surface area contributed by atoms with Crippen molar-refractivity contribution in [3.8, 4) is 0 Å². The number of piperidine rings is 1. The number of pyridine rings is 1. The molecule has 0 radical (unpaired) electrons. The maximum atomic E-state index is 4.84. The van der Waals surface area contributed by atoms with Crippen molar-refractivity contribution in [2.45, 2.75) is 45.7 Å². The molecule has 0 N–H and O–H groups in total. The molecule has 20 heavy (non-hydrogen) atoms. The third-order valence-electron chi connectivity index (χ3n) is 4.14. The van der Waals surface area contributed by atoms with Crippen LogP contribution in [0.25, 0.3) is 11.2 Å². The Labute approximate surface area is 120 Å². The standard InChI is InChI=1S/C16H24N4/c1-12(2)11-14-18-13-7-6-9-17-16(13)20(14)15-8-4-5-10-19(15)3/h6-7,9,12,15H,4-5,8,10-11H2,1-3H3. The first kappa shape index (κ1) is 13.6. The maximum Gasteiger partial charge on any atom is 0.161 e. The number of hydrogen-bond donors (Lipinski definition) is 0. The molecular formula is C16H24N4. The van der Waals surface area contributed by atoms with Crippen molar-refractivity contribution in [1.29, 1.82) is 0 Å². The average molecular weight is 272 g/mol. The lowest BCUT2D eigenvalue weighted by molar-refractivity contribution is 0.127. The van der Waals surface area contributed by atoms with Crippen molar-refractivity contribution in [1.82, 2.24) is 19.4 Å². The molecule has 0 spiro atoms. The summed E-state index contributed by atoms with van der Waals surface area (Å²) in [6, 6.07) is 4.05. The van der Waals surface area contributed by atoms with Crippen molar-refractivity contribution in [3.05, 3.63) is 24.2 Å². The van der Waals surface area contributed by atoms with E-state index < -0.39 is 0 Å². The molecule has 108 valence electrons. The lowest BCUT2D eigenvalue weighted by Gasteiger charge is -2.34. The number of imidazole rings is 1. The molecule has 0 amide bonds. The van der Waals surface area contributed by atoms with E-state index in [0.29, 0.717) is 12.1 Å². The van der Waals surface area contributed by atoms with Crippen LogP contribution in [-0.2, 0) is 6.42 Å². The second kappa shape index (κ2) is 5.52. The quantitative estimate of drug-likeness (QED) is 0.860. The summed E-state index contributed by atoms with van der Waals surface area (Å²) in [6.07, 6.45) is 7.10. The summed E-state index contributed by atoms with van der Waals surface area (Å²) in [4.78, 5) is 11.9. The first-order valence-corrected chi connectivity index (χ1v) is 7.69. The van der Waals surface area contributed by atoms with E-state index in [1.165, 1.54) is 25.1 Å². The number of aromatic nitrogens is 3. The van der Waals surface area contributed by atoms with Gasteiger partial charge in [0.25, 0.3) is 0 Å². The molecule has 0 bridgehead atoms. The zero-order chi connectivity index (χ0) is 14.1. The first-order valence-electron chi connectivity index (χ1n) is 7.69. The molecule has 4 heteroatoms. The van der Waals surface area contributed by atoms with E-state index in [2.05, 4.69) is 41.4 Å².